The fourth-order valence-electron chi connectivity index (χ4n) is 1.75. The van der Waals surface area contributed by atoms with Gasteiger partial charge in [-0.3, -0.25) is 4.79 Å². The highest BCUT2D eigenvalue weighted by molar-refractivity contribution is 7.85. The van der Waals surface area contributed by atoms with Gasteiger partial charge in [0, 0.05) is 6.42 Å². The van der Waals surface area contributed by atoms with E-state index in [0.29, 0.717) is 19.4 Å². The Morgan fingerprint density at radius 1 is 1.14 bits per heavy atom. The van der Waals surface area contributed by atoms with E-state index in [-0.39, 0.29) is 10.9 Å². The summed E-state index contributed by atoms with van der Waals surface area (Å²) in [5.74, 6) is -0.841. The monoisotopic (exact) mass is 417 g/mol. The minimum atomic E-state index is -4.27. The van der Waals surface area contributed by atoms with Crippen molar-refractivity contribution in [1.82, 2.24) is 0 Å². The lowest BCUT2D eigenvalue weighted by atomic mass is 10.2. The molecule has 0 spiro atoms. The van der Waals surface area contributed by atoms with Crippen LogP contribution in [0.3, 0.4) is 0 Å². The molecule has 8 nitrogen and oxygen atoms in total. The van der Waals surface area contributed by atoms with Crippen molar-refractivity contribution in [3.05, 3.63) is 29.8 Å². The number of ether oxygens (including phenoxy) is 2. The molecule has 0 fully saturated rings. The molecule has 9 heteroatoms. The molecule has 0 aliphatic rings. The Morgan fingerprint density at radius 3 is 2.11 bits per heavy atom. The maximum absolute atomic E-state index is 11.5. The number of rotatable bonds is 8. The van der Waals surface area contributed by atoms with Crippen molar-refractivity contribution >= 4 is 22.1 Å². The third-order valence-corrected chi connectivity index (χ3v) is 4.26. The summed E-state index contributed by atoms with van der Waals surface area (Å²) in [7, 11) is 1.77. The fraction of sp³-hybridized carbons (Fsp3) is 0.579. The zero-order valence-corrected chi connectivity index (χ0v) is 18.2. The van der Waals surface area contributed by atoms with Crippen molar-refractivity contribution in [3.8, 4) is 0 Å². The van der Waals surface area contributed by atoms with Crippen LogP contribution in [-0.2, 0) is 29.2 Å². The molecule has 160 valence electrons. The van der Waals surface area contributed by atoms with Gasteiger partial charge in [-0.1, -0.05) is 24.6 Å². The maximum atomic E-state index is 11.5. The highest BCUT2D eigenvalue weighted by Gasteiger charge is 2.19. The zero-order valence-electron chi connectivity index (χ0n) is 17.4. The molecule has 0 saturated carbocycles. The van der Waals surface area contributed by atoms with Crippen LogP contribution >= 0.6 is 0 Å². The van der Waals surface area contributed by atoms with Crippen LogP contribution < -0.4 is 0 Å². The van der Waals surface area contributed by atoms with Gasteiger partial charge in [-0.05, 0) is 32.4 Å². The summed E-state index contributed by atoms with van der Waals surface area (Å²) >= 11 is 0. The van der Waals surface area contributed by atoms with Crippen LogP contribution in [0.4, 0.5) is 0 Å². The van der Waals surface area contributed by atoms with Gasteiger partial charge in [0.15, 0.2) is 6.10 Å². The van der Waals surface area contributed by atoms with Gasteiger partial charge in [-0.25, -0.2) is 13.2 Å². The second kappa shape index (κ2) is 11.8. The Morgan fingerprint density at radius 2 is 1.68 bits per heavy atom. The standard InChI is InChI=1S/C12H24NO4.C7H8O3S/c1-6-7-11(14)17-10(2)12(15)16-9-8-13(3,4)5;1-6-2-4-7(5-3-6)11(8,9)10/h10H,6-9H2,1-5H3;2-5H,1H3,(H,8,9,10)/q+1;/p-1. The van der Waals surface area contributed by atoms with Gasteiger partial charge in [0.25, 0.3) is 0 Å². The van der Waals surface area contributed by atoms with Crippen molar-refractivity contribution in [1.29, 1.82) is 0 Å². The topological polar surface area (TPSA) is 110 Å². The van der Waals surface area contributed by atoms with Gasteiger partial charge < -0.3 is 18.5 Å². The average molecular weight is 418 g/mol. The molecule has 0 bridgehead atoms. The highest BCUT2D eigenvalue weighted by atomic mass is 32.2. The van der Waals surface area contributed by atoms with Crippen LogP contribution in [0.1, 0.15) is 32.3 Å². The van der Waals surface area contributed by atoms with E-state index in [1.807, 2.05) is 35.0 Å². The van der Waals surface area contributed by atoms with Gasteiger partial charge in [0.1, 0.15) is 23.3 Å². The smallest absolute Gasteiger partial charge is 0.347 e. The predicted octanol–water partition coefficient (Wildman–Crippen LogP) is 1.87. The van der Waals surface area contributed by atoms with E-state index in [0.717, 1.165) is 16.6 Å². The van der Waals surface area contributed by atoms with Gasteiger partial charge in [0.05, 0.1) is 26.0 Å². The fourth-order valence-corrected chi connectivity index (χ4v) is 2.22. The van der Waals surface area contributed by atoms with E-state index in [2.05, 4.69) is 0 Å². The molecule has 0 aromatic heterocycles. The SMILES string of the molecule is CCCC(=O)OC(C)C(=O)OCC[N+](C)(C)C.Cc1ccc(S(=O)(=O)[O-])cc1. The second-order valence-electron chi connectivity index (χ2n) is 7.33. The Kier molecular flexibility index (Phi) is 10.9. The lowest BCUT2D eigenvalue weighted by Gasteiger charge is -2.23. The van der Waals surface area contributed by atoms with Crippen molar-refractivity contribution in [2.45, 2.75) is 44.6 Å². The van der Waals surface area contributed by atoms with Crippen molar-refractivity contribution < 1.29 is 36.5 Å². The molecule has 0 heterocycles. The summed E-state index contributed by atoms with van der Waals surface area (Å²) in [4.78, 5) is 22.4. The molecule has 1 aromatic rings. The summed E-state index contributed by atoms with van der Waals surface area (Å²) in [5.41, 5.74) is 0.928. The number of hydrogen-bond acceptors (Lipinski definition) is 7. The number of carbonyl (C=O) groups excluding carboxylic acids is 2. The summed E-state index contributed by atoms with van der Waals surface area (Å²) in [6.07, 6.45) is 0.222. The molecule has 0 amide bonds. The predicted molar refractivity (Wildman–Crippen MR) is 103 cm³/mol. The first-order valence-corrected chi connectivity index (χ1v) is 10.4. The number of esters is 2. The maximum Gasteiger partial charge on any atom is 0.347 e. The molecule has 1 rings (SSSR count). The van der Waals surface area contributed by atoms with Crippen LogP contribution in [0.25, 0.3) is 0 Å². The number of hydrogen-bond donors (Lipinski definition) is 0. The zero-order chi connectivity index (χ0) is 22.0. The molecule has 0 saturated heterocycles. The Bertz CT molecular complexity index is 722. The van der Waals surface area contributed by atoms with Gasteiger partial charge in [0.2, 0.25) is 0 Å². The van der Waals surface area contributed by atoms with E-state index in [1.165, 1.54) is 19.1 Å². The van der Waals surface area contributed by atoms with E-state index in [4.69, 9.17) is 9.47 Å². The third-order valence-electron chi connectivity index (χ3n) is 3.41. The quantitative estimate of drug-likeness (QED) is 0.361. The number of quaternary nitrogens is 1. The number of benzene rings is 1. The Hall–Kier alpha value is -1.97. The normalized spacial score (nSPS) is 12.4. The van der Waals surface area contributed by atoms with Crippen LogP contribution in [-0.4, -0.2) is 69.8 Å². The largest absolute Gasteiger partial charge is 0.744 e. The summed E-state index contributed by atoms with van der Waals surface area (Å²) < 4.78 is 41.8. The van der Waals surface area contributed by atoms with Crippen molar-refractivity contribution in [3.63, 3.8) is 0 Å². The minimum Gasteiger partial charge on any atom is -0.744 e. The van der Waals surface area contributed by atoms with E-state index in [9.17, 15) is 22.6 Å². The van der Waals surface area contributed by atoms with Crippen LogP contribution in [0, 0.1) is 6.92 Å². The van der Waals surface area contributed by atoms with E-state index >= 15 is 0 Å². The van der Waals surface area contributed by atoms with Gasteiger partial charge in [-0.15, -0.1) is 0 Å². The first-order valence-electron chi connectivity index (χ1n) is 8.95. The molecular formula is C19H31NO7S. The number of aryl methyl sites for hydroxylation is 1. The Labute approximate surface area is 167 Å². The van der Waals surface area contributed by atoms with Gasteiger partial charge >= 0.3 is 11.9 Å². The molecule has 0 N–H and O–H groups in total. The molecule has 0 aliphatic carbocycles. The summed E-state index contributed by atoms with van der Waals surface area (Å²) in [6.45, 7) is 6.29. The van der Waals surface area contributed by atoms with Gasteiger partial charge in [-0.2, -0.15) is 0 Å². The third kappa shape index (κ3) is 12.4. The molecule has 1 atom stereocenters. The molecule has 28 heavy (non-hydrogen) atoms. The minimum absolute atomic E-state index is 0.178. The van der Waals surface area contributed by atoms with Crippen molar-refractivity contribution in [2.24, 2.45) is 0 Å². The van der Waals surface area contributed by atoms with Crippen LogP contribution in [0.5, 0.6) is 0 Å². The summed E-state index contributed by atoms with van der Waals surface area (Å²) in [5, 5.41) is 0. The lowest BCUT2D eigenvalue weighted by molar-refractivity contribution is -0.870. The Balaban J connectivity index is 0.000000567. The summed E-state index contributed by atoms with van der Waals surface area (Å²) in [6, 6.07) is 5.78. The van der Waals surface area contributed by atoms with E-state index < -0.39 is 22.2 Å². The lowest BCUT2D eigenvalue weighted by Crippen LogP contribution is -2.39. The average Bonchev–Trinajstić information content (AvgIpc) is 2.53. The molecule has 0 radical (unpaired) electrons. The number of nitrogens with zero attached hydrogens (tertiary/aromatic N) is 1. The number of carbonyl (C=O) groups is 2. The van der Waals surface area contributed by atoms with Crippen LogP contribution in [0.15, 0.2) is 29.2 Å². The van der Waals surface area contributed by atoms with Crippen molar-refractivity contribution in [2.75, 3.05) is 34.3 Å². The number of likely N-dealkylation sites (N-methyl/N-ethyl adjacent to an activating group) is 1. The second-order valence-corrected chi connectivity index (χ2v) is 8.71. The van der Waals surface area contributed by atoms with E-state index in [1.54, 1.807) is 12.1 Å². The first-order chi connectivity index (χ1) is 12.8. The van der Waals surface area contributed by atoms with Crippen LogP contribution in [0.2, 0.25) is 0 Å². The molecule has 0 aliphatic heterocycles. The molecular weight excluding hydrogens is 386 g/mol. The molecule has 1 unspecified atom stereocenters. The highest BCUT2D eigenvalue weighted by Crippen LogP contribution is 2.08. The first kappa shape index (κ1) is 26.0. The molecule has 1 aromatic carbocycles.